The van der Waals surface area contributed by atoms with Gasteiger partial charge in [-0.3, -0.25) is 0 Å². The van der Waals surface area contributed by atoms with Gasteiger partial charge in [0.25, 0.3) is 0 Å². The molecule has 0 heterocycles. The van der Waals surface area contributed by atoms with Crippen molar-refractivity contribution < 1.29 is 53.2 Å². The van der Waals surface area contributed by atoms with E-state index in [2.05, 4.69) is 87.3 Å². The van der Waals surface area contributed by atoms with Crippen molar-refractivity contribution in [1.29, 1.82) is 0 Å². The molecule has 0 unspecified atom stereocenters. The van der Waals surface area contributed by atoms with Crippen molar-refractivity contribution in [3.63, 3.8) is 0 Å². The Bertz CT molecular complexity index is 1000. The fraction of sp³-hybridized carbons (Fsp3) is 0.625. The van der Waals surface area contributed by atoms with Gasteiger partial charge in [0.05, 0.1) is 13.2 Å². The molecule has 2 N–H and O–H groups in total. The zero-order valence-corrected chi connectivity index (χ0v) is 57.3. The molecule has 22 heteroatoms. The van der Waals surface area contributed by atoms with Crippen molar-refractivity contribution in [2.45, 2.75) is 105 Å². The van der Waals surface area contributed by atoms with E-state index in [9.17, 15) is 9.59 Å². The Labute approximate surface area is 327 Å². The molecule has 0 saturated carbocycles. The first-order valence-corrected chi connectivity index (χ1v) is 39.5. The van der Waals surface area contributed by atoms with Gasteiger partial charge in [-0.15, -0.1) is 12.8 Å². The van der Waals surface area contributed by atoms with E-state index in [1.807, 2.05) is 64.5 Å². The van der Waals surface area contributed by atoms with Crippen LogP contribution in [0.25, 0.3) is 0 Å². The first-order chi connectivity index (χ1) is 23.2. The molecule has 0 rings (SSSR count). The van der Waals surface area contributed by atoms with Gasteiger partial charge < -0.3 is 53.2 Å². The van der Waals surface area contributed by atoms with Gasteiger partial charge >= 0.3 is 51.4 Å². The summed E-state index contributed by atoms with van der Waals surface area (Å²) in [5.74, 6) is 4.47. The van der Waals surface area contributed by atoms with Crippen molar-refractivity contribution in [3.05, 3.63) is 52.0 Å². The van der Waals surface area contributed by atoms with Gasteiger partial charge in [0, 0.05) is 13.2 Å². The first kappa shape index (κ1) is 63.8. The van der Waals surface area contributed by atoms with Crippen LogP contribution >= 0.6 is 0 Å². The zero-order valence-electron chi connectivity index (χ0n) is 36.5. The van der Waals surface area contributed by atoms with Gasteiger partial charge in [-0.2, -0.15) is 0 Å². The number of hydrogen-bond donors (Lipinski definition) is 2. The Balaban J connectivity index is -0.000000165. The van der Waals surface area contributed by atoms with Gasteiger partial charge in [-0.05, 0) is 105 Å². The van der Waals surface area contributed by atoms with Crippen molar-refractivity contribution in [1.82, 2.24) is 0 Å². The molecule has 0 bridgehead atoms. The van der Waals surface area contributed by atoms with Crippen LogP contribution in [0.15, 0.2) is 23.6 Å². The van der Waals surface area contributed by atoms with Crippen LogP contribution < -0.4 is 0 Å². The van der Waals surface area contributed by atoms with E-state index in [-0.39, 0.29) is 0 Å². The fourth-order valence-electron chi connectivity index (χ4n) is 4.72. The van der Waals surface area contributed by atoms with Gasteiger partial charge in [0.2, 0.25) is 0 Å². The van der Waals surface area contributed by atoms with E-state index in [1.54, 1.807) is 26.2 Å². The summed E-state index contributed by atoms with van der Waals surface area (Å²) in [7, 11) is -5.86. The maximum absolute atomic E-state index is 9.95. The zero-order chi connectivity index (χ0) is 42.1. The normalized spacial score (nSPS) is 12.8. The molecule has 0 saturated heterocycles. The van der Waals surface area contributed by atoms with Crippen LogP contribution in [0.2, 0.25) is 105 Å². The smallest absolute Gasteiger partial charge is 0.320 e. The molecule has 0 aromatic heterocycles. The predicted octanol–water partition coefficient (Wildman–Crippen LogP) is 7.34. The van der Waals surface area contributed by atoms with Gasteiger partial charge in [-0.25, -0.2) is 28.4 Å². The summed E-state index contributed by atoms with van der Waals surface area (Å²) in [5, 5.41) is 0. The summed E-state index contributed by atoms with van der Waals surface area (Å²) in [6.07, 6.45) is 13.3. The Kier molecular flexibility index (Phi) is 34.4. The quantitative estimate of drug-likeness (QED) is 0.0719. The van der Waals surface area contributed by atoms with Gasteiger partial charge in [0.15, 0.2) is 16.6 Å². The maximum Gasteiger partial charge on any atom is 0.320 e. The third-order valence-electron chi connectivity index (χ3n) is 4.83. The van der Waals surface area contributed by atoms with E-state index in [4.69, 9.17) is 47.0 Å². The van der Waals surface area contributed by atoms with Crippen LogP contribution in [-0.2, 0) is 43.6 Å². The standard InChI is InChI=1S/2C12H31O5Si4.2C4H5O.2Rf/c2*1-14-11-10-12-18(2,3)15-20(6,7)17-21(8,9)16-19(4,5)13;2*1-3-4-5-2;;/h2*10,12-13H,1,11H2,2-9H3;2*1H,2,4H2;;/q4*-1;;/b2*12-10+;;;;. The topological polar surface area (TPSA) is 133 Å². The molecule has 0 amide bonds. The second kappa shape index (κ2) is 29.1. The Morgan fingerprint density at radius 2 is 0.685 bits per heavy atom. The monoisotopic (exact) mass is 1410 g/mol. The summed E-state index contributed by atoms with van der Waals surface area (Å²) >= 11 is 0. The molecule has 0 aliphatic heterocycles. The fourth-order valence-corrected chi connectivity index (χ4v) is 38.0. The third-order valence-corrected chi connectivity index (χ3v) is 30.8. The molecule has 0 atom stereocenters. The van der Waals surface area contributed by atoms with E-state index < -0.39 is 68.0 Å². The van der Waals surface area contributed by atoms with Crippen LogP contribution in [-0.4, -0.2) is 104 Å². The molecule has 0 aromatic carbocycles. The molecular weight excluding hydrogens is 1340 g/mol. The molecule has 0 radical (unpaired) electrons. The summed E-state index contributed by atoms with van der Waals surface area (Å²) < 4.78 is 54.6. The Morgan fingerprint density at radius 3 is 0.852 bits per heavy atom. The van der Waals surface area contributed by atoms with Crippen molar-refractivity contribution >= 4 is 68.0 Å². The molecule has 12 nitrogen and oxygen atoms in total. The minimum Gasteiger partial charge on any atom is -0.552 e. The molecule has 0 aliphatic rings. The Morgan fingerprint density at radius 1 is 0.444 bits per heavy atom. The predicted molar refractivity (Wildman–Crippen MR) is 232 cm³/mol. The second-order valence-corrected chi connectivity index (χ2v) is 43.9. The Hall–Kier alpha value is -2.14. The molecule has 0 fully saturated rings. The number of rotatable bonds is 20. The third kappa shape index (κ3) is 47.9. The minimum atomic E-state index is -2.60. The second-order valence-electron chi connectivity index (χ2n) is 15.0. The first-order valence-electron chi connectivity index (χ1n) is 16.6. The molecule has 0 aliphatic carbocycles. The van der Waals surface area contributed by atoms with Crippen LogP contribution in [0.5, 0.6) is 0 Å². The SMILES string of the molecule is C#CCO[CH2-].C#CCO[CH2-].[CH2-]OC/C=C/[Si](C)(C)O[Si](C)(C)O[Si](C)(C)O[Si](C)(C)O.[CH2-]OC/C=C/[Si](C)(C)O[Si](C)(C)O[Si](C)(C)O[Si](C)(C)O.[Rf].[Rf]. The summed E-state index contributed by atoms with van der Waals surface area (Å²) in [5.41, 5.74) is 4.16. The van der Waals surface area contributed by atoms with Crippen LogP contribution in [0.3, 0.4) is 0 Å². The molecule has 0 aromatic rings. The van der Waals surface area contributed by atoms with Crippen molar-refractivity contribution in [2.75, 3.05) is 26.4 Å². The number of hydrogen-bond acceptors (Lipinski definition) is 12. The van der Waals surface area contributed by atoms with Crippen LogP contribution in [0, 0.1) is 53.1 Å². The summed E-state index contributed by atoms with van der Waals surface area (Å²) in [6.45, 7) is 33.0. The van der Waals surface area contributed by atoms with Crippen molar-refractivity contribution in [2.24, 2.45) is 0 Å². The maximum atomic E-state index is 9.95. The van der Waals surface area contributed by atoms with E-state index in [0.717, 1.165) is 0 Å². The number of terminal acetylenes is 2. The minimum absolute atomic E-state index is 0. The molecule has 54 heavy (non-hydrogen) atoms. The van der Waals surface area contributed by atoms with E-state index in [1.165, 1.54) is 0 Å². The van der Waals surface area contributed by atoms with Crippen LogP contribution in [0.4, 0.5) is 0 Å². The summed E-state index contributed by atoms with van der Waals surface area (Å²) in [6, 6.07) is 0. The molecule has 312 valence electrons. The average Bonchev–Trinajstić information content (AvgIpc) is 2.85. The molecule has 0 spiro atoms. The number of ether oxygens (including phenoxy) is 4. The van der Waals surface area contributed by atoms with E-state index >= 15 is 0 Å². The van der Waals surface area contributed by atoms with Crippen LogP contribution in [0.1, 0.15) is 0 Å². The van der Waals surface area contributed by atoms with Gasteiger partial charge in [0.1, 0.15) is 0 Å². The summed E-state index contributed by atoms with van der Waals surface area (Å²) in [4.78, 5) is 19.9. The van der Waals surface area contributed by atoms with E-state index in [0.29, 0.717) is 26.4 Å². The molecular formula is C32H72O12Rf2Si8-4. The van der Waals surface area contributed by atoms with Crippen molar-refractivity contribution in [3.8, 4) is 24.7 Å². The largest absolute Gasteiger partial charge is 0.552 e. The van der Waals surface area contributed by atoms with Gasteiger partial charge in [-0.1, -0.05) is 35.4 Å². The average molecular weight is 1410 g/mol.